The fourth-order valence-electron chi connectivity index (χ4n) is 3.57. The van der Waals surface area contributed by atoms with Gasteiger partial charge in [0.15, 0.2) is 0 Å². The van der Waals surface area contributed by atoms with Crippen molar-refractivity contribution in [2.45, 2.75) is 25.8 Å². The second-order valence-corrected chi connectivity index (χ2v) is 6.19. The number of piperazine rings is 1. The minimum Gasteiger partial charge on any atom is -0.314 e. The fraction of sp³-hybridized carbons (Fsp3) is 0.400. The Kier molecular flexibility index (Phi) is 8.79. The van der Waals surface area contributed by atoms with E-state index in [1.165, 1.54) is 21.9 Å². The quantitative estimate of drug-likeness (QED) is 0.756. The Hall–Kier alpha value is -1.06. The molecule has 0 radical (unpaired) electrons. The lowest BCUT2D eigenvalue weighted by molar-refractivity contribution is 0.167. The maximum Gasteiger partial charge on any atom is 0.0358 e. The molecule has 2 aromatic carbocycles. The van der Waals surface area contributed by atoms with Crippen LogP contribution < -0.4 is 5.32 Å². The summed E-state index contributed by atoms with van der Waals surface area (Å²) in [5.41, 5.74) is 2.84. The molecule has 0 aromatic heterocycles. The Morgan fingerprint density at radius 3 is 2.42 bits per heavy atom. The molecule has 132 valence electrons. The second kappa shape index (κ2) is 10.0. The van der Waals surface area contributed by atoms with Gasteiger partial charge in [0.05, 0.1) is 0 Å². The summed E-state index contributed by atoms with van der Waals surface area (Å²) in [7, 11) is 0. The first-order valence-corrected chi connectivity index (χ1v) is 8.35. The van der Waals surface area contributed by atoms with Gasteiger partial charge in [-0.2, -0.15) is 0 Å². The summed E-state index contributed by atoms with van der Waals surface area (Å²) in [6.45, 7) is 10.6. The number of aryl methyl sites for hydroxylation is 1. The Balaban J connectivity index is 0.00000144. The molecule has 2 nitrogen and oxygen atoms in total. The molecule has 1 fully saturated rings. The third kappa shape index (κ3) is 4.52. The average molecular weight is 367 g/mol. The number of halogens is 2. The number of hydrogen-bond acceptors (Lipinski definition) is 2. The molecule has 0 unspecified atom stereocenters. The van der Waals surface area contributed by atoms with Gasteiger partial charge in [-0.1, -0.05) is 42.5 Å². The number of benzene rings is 2. The van der Waals surface area contributed by atoms with E-state index in [1.54, 1.807) is 0 Å². The zero-order chi connectivity index (χ0) is 15.4. The molecular formula is C20H28Cl2N2. The van der Waals surface area contributed by atoms with Crippen molar-refractivity contribution in [2.24, 2.45) is 0 Å². The lowest BCUT2D eigenvalue weighted by Gasteiger charge is -2.36. The largest absolute Gasteiger partial charge is 0.314 e. The zero-order valence-electron chi connectivity index (χ0n) is 14.3. The normalized spacial score (nSPS) is 16.0. The lowest BCUT2D eigenvalue weighted by atomic mass is 9.92. The van der Waals surface area contributed by atoms with Gasteiger partial charge in [0.2, 0.25) is 0 Å². The van der Waals surface area contributed by atoms with Gasteiger partial charge in [0.1, 0.15) is 0 Å². The number of nitrogens with zero attached hydrogens (tertiary/aromatic N) is 1. The molecule has 1 saturated heterocycles. The van der Waals surface area contributed by atoms with Crippen molar-refractivity contribution in [3.05, 3.63) is 60.2 Å². The molecule has 0 spiro atoms. The van der Waals surface area contributed by atoms with E-state index in [0.717, 1.165) is 39.0 Å². The molecule has 0 bridgehead atoms. The van der Waals surface area contributed by atoms with Crippen LogP contribution >= 0.6 is 24.8 Å². The SMILES string of the molecule is C=CCC[C@@H](c1ccc(C)c2ccccc12)N1CCNCC1.Cl.Cl. The van der Waals surface area contributed by atoms with Gasteiger partial charge in [0.25, 0.3) is 0 Å². The van der Waals surface area contributed by atoms with Crippen molar-refractivity contribution in [3.63, 3.8) is 0 Å². The van der Waals surface area contributed by atoms with Crippen molar-refractivity contribution in [2.75, 3.05) is 26.2 Å². The standard InChI is InChI=1S/C20H26N2.2ClH/c1-3-4-9-20(22-14-12-21-13-15-22)19-11-10-16(2)17-7-5-6-8-18(17)19;;/h3,5-8,10-11,20-21H,1,4,9,12-15H2,2H3;2*1H/t20-;;/m0../s1. The monoisotopic (exact) mass is 366 g/mol. The number of fused-ring (bicyclic) bond motifs is 1. The zero-order valence-corrected chi connectivity index (χ0v) is 16.0. The minimum absolute atomic E-state index is 0. The van der Waals surface area contributed by atoms with Gasteiger partial charge in [0, 0.05) is 32.2 Å². The van der Waals surface area contributed by atoms with E-state index in [4.69, 9.17) is 0 Å². The summed E-state index contributed by atoms with van der Waals surface area (Å²) in [5.74, 6) is 0. The highest BCUT2D eigenvalue weighted by Gasteiger charge is 2.23. The molecule has 0 aliphatic carbocycles. The van der Waals surface area contributed by atoms with Crippen LogP contribution in [0.3, 0.4) is 0 Å². The number of allylic oxidation sites excluding steroid dienone is 1. The van der Waals surface area contributed by atoms with Gasteiger partial charge in [-0.25, -0.2) is 0 Å². The third-order valence-electron chi connectivity index (χ3n) is 4.77. The molecular weight excluding hydrogens is 339 g/mol. The van der Waals surface area contributed by atoms with E-state index in [9.17, 15) is 0 Å². The predicted molar refractivity (Wildman–Crippen MR) is 110 cm³/mol. The highest BCUT2D eigenvalue weighted by molar-refractivity contribution is 5.89. The minimum atomic E-state index is 0. The van der Waals surface area contributed by atoms with Crippen molar-refractivity contribution >= 4 is 35.6 Å². The van der Waals surface area contributed by atoms with E-state index in [1.807, 2.05) is 6.08 Å². The predicted octanol–water partition coefficient (Wildman–Crippen LogP) is 4.90. The van der Waals surface area contributed by atoms with Crippen molar-refractivity contribution < 1.29 is 0 Å². The maximum absolute atomic E-state index is 3.92. The summed E-state index contributed by atoms with van der Waals surface area (Å²) in [6, 6.07) is 13.9. The molecule has 3 rings (SSSR count). The molecule has 0 saturated carbocycles. The fourth-order valence-corrected chi connectivity index (χ4v) is 3.57. The molecule has 2 aromatic rings. The van der Waals surface area contributed by atoms with Crippen LogP contribution in [0.25, 0.3) is 10.8 Å². The highest BCUT2D eigenvalue weighted by Crippen LogP contribution is 2.33. The van der Waals surface area contributed by atoms with Crippen LogP contribution in [-0.2, 0) is 0 Å². The van der Waals surface area contributed by atoms with Crippen molar-refractivity contribution in [3.8, 4) is 0 Å². The average Bonchev–Trinajstić information content (AvgIpc) is 2.58. The van der Waals surface area contributed by atoms with Gasteiger partial charge in [-0.15, -0.1) is 31.4 Å². The highest BCUT2D eigenvalue weighted by atomic mass is 35.5. The van der Waals surface area contributed by atoms with Crippen LogP contribution in [0.2, 0.25) is 0 Å². The van der Waals surface area contributed by atoms with Crippen LogP contribution in [0, 0.1) is 6.92 Å². The molecule has 1 atom stereocenters. The Labute approximate surface area is 158 Å². The Morgan fingerprint density at radius 2 is 1.75 bits per heavy atom. The first kappa shape index (κ1) is 21.0. The number of hydrogen-bond donors (Lipinski definition) is 1. The van der Waals surface area contributed by atoms with Crippen LogP contribution in [0.5, 0.6) is 0 Å². The third-order valence-corrected chi connectivity index (χ3v) is 4.77. The van der Waals surface area contributed by atoms with Crippen LogP contribution in [0.4, 0.5) is 0 Å². The molecule has 24 heavy (non-hydrogen) atoms. The number of rotatable bonds is 5. The van der Waals surface area contributed by atoms with Crippen molar-refractivity contribution in [1.82, 2.24) is 10.2 Å². The number of nitrogens with one attached hydrogen (secondary N) is 1. The summed E-state index contributed by atoms with van der Waals surface area (Å²) in [4.78, 5) is 2.64. The smallest absolute Gasteiger partial charge is 0.0358 e. The summed E-state index contributed by atoms with van der Waals surface area (Å²) < 4.78 is 0. The van der Waals surface area contributed by atoms with Crippen LogP contribution in [0.1, 0.15) is 30.0 Å². The summed E-state index contributed by atoms with van der Waals surface area (Å²) >= 11 is 0. The maximum atomic E-state index is 3.92. The molecule has 4 heteroatoms. The topological polar surface area (TPSA) is 15.3 Å². The van der Waals surface area contributed by atoms with Crippen LogP contribution in [-0.4, -0.2) is 31.1 Å². The Morgan fingerprint density at radius 1 is 1.08 bits per heavy atom. The summed E-state index contributed by atoms with van der Waals surface area (Å²) in [5, 5.41) is 6.26. The van der Waals surface area contributed by atoms with E-state index in [0.29, 0.717) is 6.04 Å². The van der Waals surface area contributed by atoms with E-state index in [-0.39, 0.29) is 24.8 Å². The van der Waals surface area contributed by atoms with Gasteiger partial charge >= 0.3 is 0 Å². The van der Waals surface area contributed by atoms with Gasteiger partial charge in [-0.05, 0) is 41.7 Å². The van der Waals surface area contributed by atoms with E-state index < -0.39 is 0 Å². The summed E-state index contributed by atoms with van der Waals surface area (Å²) in [6.07, 6.45) is 4.26. The van der Waals surface area contributed by atoms with Gasteiger partial charge in [-0.3, -0.25) is 4.90 Å². The molecule has 0 amide bonds. The van der Waals surface area contributed by atoms with Crippen LogP contribution in [0.15, 0.2) is 49.1 Å². The van der Waals surface area contributed by atoms with Crippen molar-refractivity contribution in [1.29, 1.82) is 0 Å². The molecule has 1 heterocycles. The molecule has 1 aliphatic heterocycles. The molecule has 1 N–H and O–H groups in total. The molecule has 1 aliphatic rings. The first-order valence-electron chi connectivity index (χ1n) is 8.35. The van der Waals surface area contributed by atoms with Gasteiger partial charge < -0.3 is 5.32 Å². The second-order valence-electron chi connectivity index (χ2n) is 6.19. The van der Waals surface area contributed by atoms with E-state index in [2.05, 4.69) is 60.1 Å². The first-order chi connectivity index (χ1) is 10.8. The van der Waals surface area contributed by atoms with E-state index >= 15 is 0 Å². The lowest BCUT2D eigenvalue weighted by Crippen LogP contribution is -2.45. The Bertz CT molecular complexity index is 651.